The molecule has 0 heterocycles. The third-order valence-electron chi connectivity index (χ3n) is 5.35. The standard InChI is InChI=1S/C26H40O2/c1-3-5-7-9-11-15-21-27-25-19-20-26(24-18-14-13-17-23(24)25)28-22-16-12-10-8-6-4-2/h13-14,17-20H,3-12,15-16,21-22H2,1-2H3. The molecule has 0 saturated heterocycles. The molecule has 0 unspecified atom stereocenters. The van der Waals surface area contributed by atoms with Gasteiger partial charge in [0, 0.05) is 10.8 Å². The maximum atomic E-state index is 6.11. The van der Waals surface area contributed by atoms with E-state index in [2.05, 4.69) is 50.2 Å². The van der Waals surface area contributed by atoms with Crippen LogP contribution in [0, 0.1) is 0 Å². The zero-order valence-corrected chi connectivity index (χ0v) is 18.2. The van der Waals surface area contributed by atoms with Gasteiger partial charge in [0.05, 0.1) is 13.2 Å². The zero-order valence-electron chi connectivity index (χ0n) is 18.2. The Morgan fingerprint density at radius 1 is 0.500 bits per heavy atom. The summed E-state index contributed by atoms with van der Waals surface area (Å²) in [4.78, 5) is 0. The number of hydrogen-bond acceptors (Lipinski definition) is 2. The molecule has 0 aromatic heterocycles. The lowest BCUT2D eigenvalue weighted by Gasteiger charge is -2.13. The van der Waals surface area contributed by atoms with Gasteiger partial charge in [0.15, 0.2) is 0 Å². The highest BCUT2D eigenvalue weighted by Crippen LogP contribution is 2.33. The molecule has 0 amide bonds. The Morgan fingerprint density at radius 3 is 1.32 bits per heavy atom. The van der Waals surface area contributed by atoms with E-state index in [1.54, 1.807) is 0 Å². The van der Waals surface area contributed by atoms with Gasteiger partial charge >= 0.3 is 0 Å². The summed E-state index contributed by atoms with van der Waals surface area (Å²) in [5, 5.41) is 2.32. The number of ether oxygens (including phenoxy) is 2. The highest BCUT2D eigenvalue weighted by molar-refractivity contribution is 5.93. The Hall–Kier alpha value is -1.70. The molecule has 156 valence electrons. The van der Waals surface area contributed by atoms with Crippen molar-refractivity contribution in [2.75, 3.05) is 13.2 Å². The first-order valence-corrected chi connectivity index (χ1v) is 11.6. The Labute approximate surface area is 172 Å². The van der Waals surface area contributed by atoms with Crippen molar-refractivity contribution in [1.29, 1.82) is 0 Å². The second kappa shape index (κ2) is 14.3. The van der Waals surface area contributed by atoms with E-state index in [1.165, 1.54) is 64.2 Å². The van der Waals surface area contributed by atoms with Crippen LogP contribution in [0.3, 0.4) is 0 Å². The summed E-state index contributed by atoms with van der Waals surface area (Å²) < 4.78 is 12.2. The van der Waals surface area contributed by atoms with Crippen molar-refractivity contribution in [3.63, 3.8) is 0 Å². The minimum Gasteiger partial charge on any atom is -0.493 e. The molecule has 2 rings (SSSR count). The lowest BCUT2D eigenvalue weighted by atomic mass is 10.1. The first-order valence-electron chi connectivity index (χ1n) is 11.6. The summed E-state index contributed by atoms with van der Waals surface area (Å²) in [5.74, 6) is 1.96. The smallest absolute Gasteiger partial charge is 0.127 e. The number of fused-ring (bicyclic) bond motifs is 1. The van der Waals surface area contributed by atoms with Gasteiger partial charge in [0.2, 0.25) is 0 Å². The second-order valence-corrected chi connectivity index (χ2v) is 7.84. The van der Waals surface area contributed by atoms with Gasteiger partial charge < -0.3 is 9.47 Å². The largest absolute Gasteiger partial charge is 0.493 e. The molecule has 0 fully saturated rings. The highest BCUT2D eigenvalue weighted by Gasteiger charge is 2.08. The monoisotopic (exact) mass is 384 g/mol. The fraction of sp³-hybridized carbons (Fsp3) is 0.615. The van der Waals surface area contributed by atoms with E-state index in [-0.39, 0.29) is 0 Å². The predicted octanol–water partition coefficient (Wildman–Crippen LogP) is 8.32. The van der Waals surface area contributed by atoms with Gasteiger partial charge in [-0.3, -0.25) is 0 Å². The number of unbranched alkanes of at least 4 members (excludes halogenated alkanes) is 10. The molecule has 0 radical (unpaired) electrons. The first kappa shape index (κ1) is 22.6. The number of benzene rings is 2. The minimum atomic E-state index is 0.800. The highest BCUT2D eigenvalue weighted by atomic mass is 16.5. The van der Waals surface area contributed by atoms with Crippen molar-refractivity contribution < 1.29 is 9.47 Å². The van der Waals surface area contributed by atoms with Crippen molar-refractivity contribution in [3.05, 3.63) is 36.4 Å². The summed E-state index contributed by atoms with van der Waals surface area (Å²) in [7, 11) is 0. The molecule has 2 heteroatoms. The predicted molar refractivity (Wildman–Crippen MR) is 122 cm³/mol. The Bertz CT molecular complexity index is 593. The molecule has 2 aromatic carbocycles. The topological polar surface area (TPSA) is 18.5 Å². The van der Waals surface area contributed by atoms with Crippen molar-refractivity contribution in [2.45, 2.75) is 90.9 Å². The van der Waals surface area contributed by atoms with Crippen LogP contribution in [0.1, 0.15) is 90.9 Å². The van der Waals surface area contributed by atoms with Gasteiger partial charge in [-0.05, 0) is 25.0 Å². The molecular weight excluding hydrogens is 344 g/mol. The van der Waals surface area contributed by atoms with Crippen molar-refractivity contribution in [2.24, 2.45) is 0 Å². The van der Waals surface area contributed by atoms with E-state index >= 15 is 0 Å². The van der Waals surface area contributed by atoms with Gasteiger partial charge in [-0.2, -0.15) is 0 Å². The fourth-order valence-electron chi connectivity index (χ4n) is 3.62. The van der Waals surface area contributed by atoms with E-state index in [4.69, 9.17) is 9.47 Å². The Kier molecular flexibility index (Phi) is 11.6. The third-order valence-corrected chi connectivity index (χ3v) is 5.35. The van der Waals surface area contributed by atoms with Gasteiger partial charge in [0.25, 0.3) is 0 Å². The maximum Gasteiger partial charge on any atom is 0.127 e. The summed E-state index contributed by atoms with van der Waals surface area (Å²) in [6.45, 7) is 6.12. The molecule has 0 atom stereocenters. The quantitative estimate of drug-likeness (QED) is 0.271. The molecule has 0 aliphatic rings. The molecule has 0 bridgehead atoms. The summed E-state index contributed by atoms with van der Waals surface area (Å²) in [5.41, 5.74) is 0. The average Bonchev–Trinajstić information content (AvgIpc) is 2.73. The van der Waals surface area contributed by atoms with Gasteiger partial charge in [0.1, 0.15) is 11.5 Å². The summed E-state index contributed by atoms with van der Waals surface area (Å²) >= 11 is 0. The van der Waals surface area contributed by atoms with E-state index in [0.717, 1.165) is 48.3 Å². The van der Waals surface area contributed by atoms with Crippen LogP contribution < -0.4 is 9.47 Å². The zero-order chi connectivity index (χ0) is 19.9. The van der Waals surface area contributed by atoms with Crippen LogP contribution in [-0.2, 0) is 0 Å². The lowest BCUT2D eigenvalue weighted by molar-refractivity contribution is 0.301. The molecule has 0 aliphatic carbocycles. The van der Waals surface area contributed by atoms with Gasteiger partial charge in [-0.15, -0.1) is 0 Å². The van der Waals surface area contributed by atoms with Crippen molar-refractivity contribution >= 4 is 10.8 Å². The van der Waals surface area contributed by atoms with E-state index in [9.17, 15) is 0 Å². The van der Waals surface area contributed by atoms with E-state index < -0.39 is 0 Å². The molecule has 0 N–H and O–H groups in total. The van der Waals surface area contributed by atoms with Crippen LogP contribution in [0.2, 0.25) is 0 Å². The Morgan fingerprint density at radius 2 is 0.893 bits per heavy atom. The van der Waals surface area contributed by atoms with Crippen LogP contribution in [0.15, 0.2) is 36.4 Å². The molecular formula is C26H40O2. The van der Waals surface area contributed by atoms with Crippen molar-refractivity contribution in [3.8, 4) is 11.5 Å². The van der Waals surface area contributed by atoms with Crippen molar-refractivity contribution in [1.82, 2.24) is 0 Å². The lowest BCUT2D eigenvalue weighted by Crippen LogP contribution is -2.00. The molecule has 28 heavy (non-hydrogen) atoms. The number of rotatable bonds is 16. The van der Waals surface area contributed by atoms with Crippen LogP contribution in [0.4, 0.5) is 0 Å². The van der Waals surface area contributed by atoms with E-state index in [1.807, 2.05) is 0 Å². The molecule has 0 spiro atoms. The van der Waals surface area contributed by atoms with Crippen LogP contribution in [0.5, 0.6) is 11.5 Å². The first-order chi connectivity index (χ1) is 13.9. The van der Waals surface area contributed by atoms with Gasteiger partial charge in [-0.25, -0.2) is 0 Å². The third kappa shape index (κ3) is 8.12. The average molecular weight is 385 g/mol. The second-order valence-electron chi connectivity index (χ2n) is 7.84. The SMILES string of the molecule is CCCCCCCCOc1ccc(OCCCCCCCC)c2ccccc12. The summed E-state index contributed by atoms with van der Waals surface area (Å²) in [6.07, 6.45) is 15.4. The maximum absolute atomic E-state index is 6.11. The van der Waals surface area contributed by atoms with Gasteiger partial charge in [-0.1, -0.05) is 102 Å². The van der Waals surface area contributed by atoms with Crippen LogP contribution in [-0.4, -0.2) is 13.2 Å². The normalized spacial score (nSPS) is 11.1. The Balaban J connectivity index is 1.81. The molecule has 2 nitrogen and oxygen atoms in total. The summed E-state index contributed by atoms with van der Waals surface area (Å²) in [6, 6.07) is 12.6. The number of hydrogen-bond donors (Lipinski definition) is 0. The van der Waals surface area contributed by atoms with Crippen LogP contribution in [0.25, 0.3) is 10.8 Å². The molecule has 2 aromatic rings. The molecule has 0 aliphatic heterocycles. The van der Waals surface area contributed by atoms with Crippen LogP contribution >= 0.6 is 0 Å². The molecule has 0 saturated carbocycles. The van der Waals surface area contributed by atoms with E-state index in [0.29, 0.717) is 0 Å². The minimum absolute atomic E-state index is 0.800. The fourth-order valence-corrected chi connectivity index (χ4v) is 3.62.